The molecule has 0 aliphatic carbocycles. The van der Waals surface area contributed by atoms with Gasteiger partial charge in [0.25, 0.3) is 0 Å². The second kappa shape index (κ2) is 6.45. The summed E-state index contributed by atoms with van der Waals surface area (Å²) in [5.74, 6) is -0.747. The zero-order chi connectivity index (χ0) is 14.7. The molecular formula is C13H11BrClFN2O2. The molecule has 0 aliphatic rings. The van der Waals surface area contributed by atoms with Crippen LogP contribution in [0.1, 0.15) is 19.0 Å². The number of benzene rings is 1. The predicted molar refractivity (Wildman–Crippen MR) is 77.2 cm³/mol. The molecule has 0 spiro atoms. The smallest absolute Gasteiger partial charge is 0.306 e. The third-order valence-electron chi connectivity index (χ3n) is 2.58. The normalized spacial score (nSPS) is 10.8. The number of hydrogen-bond acceptors (Lipinski definition) is 4. The Bertz CT molecular complexity index is 666. The van der Waals surface area contributed by atoms with Gasteiger partial charge < -0.3 is 4.74 Å². The maximum absolute atomic E-state index is 13.3. The lowest BCUT2D eigenvalue weighted by atomic mass is 10.2. The molecule has 1 aromatic heterocycles. The molecule has 0 aliphatic heterocycles. The molecule has 4 nitrogen and oxygen atoms in total. The van der Waals surface area contributed by atoms with Gasteiger partial charge in [-0.3, -0.25) is 4.79 Å². The summed E-state index contributed by atoms with van der Waals surface area (Å²) in [6.45, 7) is 2.06. The Hall–Kier alpha value is -1.27. The average molecular weight is 362 g/mol. The van der Waals surface area contributed by atoms with Gasteiger partial charge >= 0.3 is 5.97 Å². The summed E-state index contributed by atoms with van der Waals surface area (Å²) < 4.78 is 18.7. The fourth-order valence-electron chi connectivity index (χ4n) is 1.72. The van der Waals surface area contributed by atoms with E-state index in [4.69, 9.17) is 16.3 Å². The summed E-state index contributed by atoms with van der Waals surface area (Å²) in [5, 5.41) is 0.203. The number of nitrogens with zero attached hydrogens (tertiary/aromatic N) is 2. The molecule has 1 heterocycles. The van der Waals surface area contributed by atoms with Crippen molar-refractivity contribution in [3.63, 3.8) is 0 Å². The van der Waals surface area contributed by atoms with E-state index in [-0.39, 0.29) is 17.5 Å². The minimum atomic E-state index is -0.419. The van der Waals surface area contributed by atoms with Crippen LogP contribution >= 0.6 is 27.5 Å². The molecule has 2 aromatic rings. The molecule has 0 unspecified atom stereocenters. The predicted octanol–water partition coefficient (Wildman–Crippen LogP) is 3.68. The fourth-order valence-corrected chi connectivity index (χ4v) is 2.45. The molecule has 0 fully saturated rings. The maximum Gasteiger partial charge on any atom is 0.306 e. The van der Waals surface area contributed by atoms with Crippen LogP contribution in [-0.4, -0.2) is 22.5 Å². The van der Waals surface area contributed by atoms with Crippen molar-refractivity contribution >= 4 is 44.5 Å². The van der Waals surface area contributed by atoms with E-state index in [2.05, 4.69) is 25.9 Å². The van der Waals surface area contributed by atoms with Gasteiger partial charge in [-0.1, -0.05) is 11.6 Å². The molecule has 0 N–H and O–H groups in total. The van der Waals surface area contributed by atoms with E-state index in [0.717, 1.165) is 0 Å². The minimum absolute atomic E-state index is 0.157. The summed E-state index contributed by atoms with van der Waals surface area (Å²) in [4.78, 5) is 19.8. The highest BCUT2D eigenvalue weighted by Crippen LogP contribution is 2.25. The van der Waals surface area contributed by atoms with Crippen LogP contribution in [0.15, 0.2) is 16.6 Å². The van der Waals surface area contributed by atoms with Gasteiger partial charge in [0.15, 0.2) is 5.15 Å². The van der Waals surface area contributed by atoms with Crippen LogP contribution < -0.4 is 0 Å². The topological polar surface area (TPSA) is 52.1 Å². The Labute approximate surface area is 128 Å². The van der Waals surface area contributed by atoms with Crippen molar-refractivity contribution in [2.24, 2.45) is 0 Å². The average Bonchev–Trinajstić information content (AvgIpc) is 2.38. The molecule has 7 heteroatoms. The third kappa shape index (κ3) is 3.43. The summed E-state index contributed by atoms with van der Waals surface area (Å²) in [6.07, 6.45) is 0.457. The molecule has 20 heavy (non-hydrogen) atoms. The number of carbonyl (C=O) groups is 1. The van der Waals surface area contributed by atoms with Gasteiger partial charge in [0.05, 0.1) is 24.2 Å². The molecular weight excluding hydrogens is 351 g/mol. The lowest BCUT2D eigenvalue weighted by Gasteiger charge is -2.06. The van der Waals surface area contributed by atoms with E-state index in [1.807, 2.05) is 0 Å². The number of rotatable bonds is 4. The van der Waals surface area contributed by atoms with Crippen LogP contribution in [0, 0.1) is 5.82 Å². The molecule has 0 saturated heterocycles. The zero-order valence-electron chi connectivity index (χ0n) is 10.6. The Balaban J connectivity index is 2.30. The third-order valence-corrected chi connectivity index (χ3v) is 3.49. The number of aryl methyl sites for hydroxylation is 1. The monoisotopic (exact) mass is 360 g/mol. The number of ether oxygens (including phenoxy) is 1. The largest absolute Gasteiger partial charge is 0.466 e. The number of carbonyl (C=O) groups excluding carboxylic acids is 1. The van der Waals surface area contributed by atoms with Crippen LogP contribution in [0.25, 0.3) is 11.0 Å². The quantitative estimate of drug-likeness (QED) is 0.780. The van der Waals surface area contributed by atoms with E-state index < -0.39 is 5.82 Å². The Morgan fingerprint density at radius 3 is 2.90 bits per heavy atom. The van der Waals surface area contributed by atoms with Crippen molar-refractivity contribution in [1.29, 1.82) is 0 Å². The van der Waals surface area contributed by atoms with Crippen LogP contribution in [0.2, 0.25) is 5.15 Å². The van der Waals surface area contributed by atoms with Gasteiger partial charge in [-0.25, -0.2) is 14.4 Å². The number of aromatic nitrogens is 2. The van der Waals surface area contributed by atoms with Crippen LogP contribution in [0.4, 0.5) is 4.39 Å². The van der Waals surface area contributed by atoms with Crippen LogP contribution in [0.5, 0.6) is 0 Å². The van der Waals surface area contributed by atoms with Crippen LogP contribution in [-0.2, 0) is 16.0 Å². The molecule has 1 aromatic carbocycles. The number of fused-ring (bicyclic) bond motifs is 1. The van der Waals surface area contributed by atoms with Gasteiger partial charge in [0.2, 0.25) is 0 Å². The van der Waals surface area contributed by atoms with Crippen LogP contribution in [0.3, 0.4) is 0 Å². The van der Waals surface area contributed by atoms with Gasteiger partial charge in [-0.05, 0) is 28.9 Å². The van der Waals surface area contributed by atoms with E-state index in [1.54, 1.807) is 6.92 Å². The second-order valence-electron chi connectivity index (χ2n) is 4.02. The molecule has 0 saturated carbocycles. The summed E-state index contributed by atoms with van der Waals surface area (Å²) in [5.41, 5.74) is 1.32. The Morgan fingerprint density at radius 2 is 2.20 bits per heavy atom. The highest BCUT2D eigenvalue weighted by Gasteiger charge is 2.12. The number of hydrogen-bond donors (Lipinski definition) is 0. The first-order valence-electron chi connectivity index (χ1n) is 5.98. The summed E-state index contributed by atoms with van der Waals surface area (Å²) in [6, 6.07) is 2.57. The van der Waals surface area contributed by atoms with E-state index in [9.17, 15) is 9.18 Å². The van der Waals surface area contributed by atoms with Crippen molar-refractivity contribution in [2.45, 2.75) is 19.8 Å². The minimum Gasteiger partial charge on any atom is -0.466 e. The van der Waals surface area contributed by atoms with Crippen molar-refractivity contribution < 1.29 is 13.9 Å². The molecule has 106 valence electrons. The standard InChI is InChI=1S/C13H11BrClFN2O2/c1-2-20-11(19)4-3-9-13(15)18-12-8(14)5-7(16)6-10(12)17-9/h5-6H,2-4H2,1H3. The first-order valence-corrected chi connectivity index (χ1v) is 7.15. The summed E-state index contributed by atoms with van der Waals surface area (Å²) >= 11 is 9.25. The van der Waals surface area contributed by atoms with Gasteiger partial charge in [0, 0.05) is 17.0 Å². The van der Waals surface area contributed by atoms with Crippen molar-refractivity contribution in [2.75, 3.05) is 6.61 Å². The lowest BCUT2D eigenvalue weighted by molar-refractivity contribution is -0.143. The van der Waals surface area contributed by atoms with Gasteiger partial charge in [-0.2, -0.15) is 0 Å². The van der Waals surface area contributed by atoms with Crippen molar-refractivity contribution in [3.8, 4) is 0 Å². The highest BCUT2D eigenvalue weighted by molar-refractivity contribution is 9.10. The fraction of sp³-hybridized carbons (Fsp3) is 0.308. The Morgan fingerprint density at radius 1 is 1.45 bits per heavy atom. The van der Waals surface area contributed by atoms with E-state index in [1.165, 1.54) is 12.1 Å². The lowest BCUT2D eigenvalue weighted by Crippen LogP contribution is -2.07. The Kier molecular flexibility index (Phi) is 4.88. The van der Waals surface area contributed by atoms with Crippen molar-refractivity contribution in [1.82, 2.24) is 9.97 Å². The zero-order valence-corrected chi connectivity index (χ0v) is 13.0. The van der Waals surface area contributed by atoms with E-state index in [0.29, 0.717) is 34.2 Å². The number of esters is 1. The van der Waals surface area contributed by atoms with Gasteiger partial charge in [-0.15, -0.1) is 0 Å². The first kappa shape index (κ1) is 15.1. The number of halogens is 3. The highest BCUT2D eigenvalue weighted by atomic mass is 79.9. The first-order chi connectivity index (χ1) is 9.51. The second-order valence-corrected chi connectivity index (χ2v) is 5.23. The van der Waals surface area contributed by atoms with E-state index >= 15 is 0 Å². The molecule has 0 amide bonds. The molecule has 2 rings (SSSR count). The SMILES string of the molecule is CCOC(=O)CCc1nc2cc(F)cc(Br)c2nc1Cl. The summed E-state index contributed by atoms with van der Waals surface area (Å²) in [7, 11) is 0. The van der Waals surface area contributed by atoms with Gasteiger partial charge in [0.1, 0.15) is 11.3 Å². The molecule has 0 atom stereocenters. The molecule has 0 bridgehead atoms. The van der Waals surface area contributed by atoms with Crippen molar-refractivity contribution in [3.05, 3.63) is 33.3 Å². The maximum atomic E-state index is 13.3. The molecule has 0 radical (unpaired) electrons.